The van der Waals surface area contributed by atoms with E-state index in [2.05, 4.69) is 223 Å². The summed E-state index contributed by atoms with van der Waals surface area (Å²) in [6, 6.07) is 85.3. The fraction of sp³-hybridized carbons (Fsp3) is 0. The molecule has 11 aromatic carbocycles. The predicted molar refractivity (Wildman–Crippen MR) is 274 cm³/mol. The normalized spacial score (nSPS) is 11.7. The van der Waals surface area contributed by atoms with Crippen LogP contribution in [0.3, 0.4) is 0 Å². The summed E-state index contributed by atoms with van der Waals surface area (Å²) >= 11 is 0. The Kier molecular flexibility index (Phi) is 8.53. The third-order valence-electron chi connectivity index (χ3n) is 13.1. The van der Waals surface area contributed by atoms with Crippen LogP contribution in [0.15, 0.2) is 237 Å². The summed E-state index contributed by atoms with van der Waals surface area (Å²) < 4.78 is 2.35. The molecule has 0 saturated carbocycles. The summed E-state index contributed by atoms with van der Waals surface area (Å²) in [4.78, 5) is 10.5. The highest BCUT2D eigenvalue weighted by Crippen LogP contribution is 2.47. The quantitative estimate of drug-likeness (QED) is 0.123. The standard InChI is InChI=1S/C62H39N3/c1-4-17-41(18-5-1)59-51-25-12-13-26-52(51)60(61-49-23-11-10-16-40(49)32-34-53(59)61)47-31-29-43-36-45(30-28-44(43)37-47)55-39-56(64-62(63-55)42-19-6-2-7-20-42)46-33-35-58-54(38-46)50-24-14-15-27-57(50)65(58)48-21-8-3-9-22-48/h1-39H. The smallest absolute Gasteiger partial charge is 0.160 e. The molecule has 2 aromatic heterocycles. The molecule has 302 valence electrons. The molecule has 0 fully saturated rings. The molecule has 0 aliphatic heterocycles. The molecular weight excluding hydrogens is 787 g/mol. The highest BCUT2D eigenvalue weighted by Gasteiger charge is 2.20. The molecule has 0 aliphatic rings. The molecule has 13 rings (SSSR count). The zero-order valence-electron chi connectivity index (χ0n) is 35.4. The van der Waals surface area contributed by atoms with Gasteiger partial charge >= 0.3 is 0 Å². The van der Waals surface area contributed by atoms with Gasteiger partial charge in [-0.05, 0) is 114 Å². The average Bonchev–Trinajstić information content (AvgIpc) is 3.72. The molecule has 0 bridgehead atoms. The van der Waals surface area contributed by atoms with Gasteiger partial charge in [0.05, 0.1) is 22.4 Å². The summed E-state index contributed by atoms with van der Waals surface area (Å²) in [6.45, 7) is 0. The number of hydrogen-bond donors (Lipinski definition) is 0. The molecule has 0 radical (unpaired) electrons. The van der Waals surface area contributed by atoms with Gasteiger partial charge < -0.3 is 4.57 Å². The number of fused-ring (bicyclic) bond motifs is 8. The summed E-state index contributed by atoms with van der Waals surface area (Å²) in [5, 5.41) is 12.3. The summed E-state index contributed by atoms with van der Waals surface area (Å²) in [5.41, 5.74) is 13.3. The minimum atomic E-state index is 0.699. The topological polar surface area (TPSA) is 30.7 Å². The largest absolute Gasteiger partial charge is 0.309 e. The molecule has 0 amide bonds. The van der Waals surface area contributed by atoms with Crippen molar-refractivity contribution >= 4 is 64.9 Å². The zero-order chi connectivity index (χ0) is 42.8. The number of hydrogen-bond acceptors (Lipinski definition) is 2. The van der Waals surface area contributed by atoms with Crippen LogP contribution in [0, 0.1) is 0 Å². The van der Waals surface area contributed by atoms with Crippen LogP contribution in [0.25, 0.3) is 127 Å². The van der Waals surface area contributed by atoms with Crippen molar-refractivity contribution in [2.45, 2.75) is 0 Å². The van der Waals surface area contributed by atoms with E-state index in [-0.39, 0.29) is 0 Å². The highest BCUT2D eigenvalue weighted by atomic mass is 15.0. The molecule has 0 unspecified atom stereocenters. The van der Waals surface area contributed by atoms with Crippen LogP contribution in [0.4, 0.5) is 0 Å². The van der Waals surface area contributed by atoms with Crippen LogP contribution in [0.2, 0.25) is 0 Å². The van der Waals surface area contributed by atoms with Crippen LogP contribution in [0.1, 0.15) is 0 Å². The van der Waals surface area contributed by atoms with Gasteiger partial charge in [0.25, 0.3) is 0 Å². The Morgan fingerprint density at radius 1 is 0.277 bits per heavy atom. The van der Waals surface area contributed by atoms with Crippen molar-refractivity contribution in [1.29, 1.82) is 0 Å². The first-order chi connectivity index (χ1) is 32.2. The predicted octanol–water partition coefficient (Wildman–Crippen LogP) is 16.5. The van der Waals surface area contributed by atoms with E-state index in [1.807, 2.05) is 18.2 Å². The number of benzene rings is 11. The SMILES string of the molecule is c1ccc(-c2nc(-c3ccc4cc(-c5c6ccccc6c(-c6ccccc6)c6ccc7ccccc7c56)ccc4c3)cc(-c3ccc4c(c3)c3ccccc3n4-c3ccccc3)n2)cc1. The van der Waals surface area contributed by atoms with E-state index in [1.54, 1.807) is 0 Å². The van der Waals surface area contributed by atoms with Gasteiger partial charge in [0.1, 0.15) is 0 Å². The first-order valence-corrected chi connectivity index (χ1v) is 22.2. The van der Waals surface area contributed by atoms with Crippen molar-refractivity contribution in [1.82, 2.24) is 14.5 Å². The van der Waals surface area contributed by atoms with Crippen molar-refractivity contribution in [3.05, 3.63) is 237 Å². The maximum Gasteiger partial charge on any atom is 0.160 e. The van der Waals surface area contributed by atoms with Crippen LogP contribution >= 0.6 is 0 Å². The Hall–Kier alpha value is -8.66. The summed E-state index contributed by atoms with van der Waals surface area (Å²) in [7, 11) is 0. The van der Waals surface area contributed by atoms with Crippen molar-refractivity contribution in [3.8, 4) is 61.8 Å². The summed E-state index contributed by atoms with van der Waals surface area (Å²) in [5.74, 6) is 0.699. The second kappa shape index (κ2) is 15.0. The van der Waals surface area contributed by atoms with E-state index in [0.717, 1.165) is 44.7 Å². The van der Waals surface area contributed by atoms with Gasteiger partial charge in [-0.2, -0.15) is 0 Å². The number of nitrogens with zero attached hydrogens (tertiary/aromatic N) is 3. The number of aromatic nitrogens is 3. The van der Waals surface area contributed by atoms with Gasteiger partial charge in [0, 0.05) is 33.2 Å². The number of para-hydroxylation sites is 2. The highest BCUT2D eigenvalue weighted by molar-refractivity contribution is 6.28. The molecule has 3 nitrogen and oxygen atoms in total. The van der Waals surface area contributed by atoms with Gasteiger partial charge in [-0.1, -0.05) is 188 Å². The van der Waals surface area contributed by atoms with Gasteiger partial charge in [0.2, 0.25) is 0 Å². The van der Waals surface area contributed by atoms with E-state index < -0.39 is 0 Å². The molecule has 65 heavy (non-hydrogen) atoms. The summed E-state index contributed by atoms with van der Waals surface area (Å²) in [6.07, 6.45) is 0. The number of rotatable bonds is 6. The minimum Gasteiger partial charge on any atom is -0.309 e. The van der Waals surface area contributed by atoms with Crippen molar-refractivity contribution in [2.24, 2.45) is 0 Å². The van der Waals surface area contributed by atoms with Crippen molar-refractivity contribution < 1.29 is 0 Å². The van der Waals surface area contributed by atoms with Gasteiger partial charge in [-0.15, -0.1) is 0 Å². The molecule has 3 heteroatoms. The second-order valence-corrected chi connectivity index (χ2v) is 16.9. The fourth-order valence-electron chi connectivity index (χ4n) is 10.2. The van der Waals surface area contributed by atoms with Gasteiger partial charge in [-0.3, -0.25) is 0 Å². The lowest BCUT2D eigenvalue weighted by atomic mass is 9.83. The third kappa shape index (κ3) is 6.12. The van der Waals surface area contributed by atoms with E-state index in [4.69, 9.17) is 9.97 Å². The Bertz CT molecular complexity index is 3980. The second-order valence-electron chi connectivity index (χ2n) is 16.9. The minimum absolute atomic E-state index is 0.699. The van der Waals surface area contributed by atoms with E-state index in [9.17, 15) is 0 Å². The average molecular weight is 826 g/mol. The maximum absolute atomic E-state index is 5.24. The van der Waals surface area contributed by atoms with Crippen LogP contribution in [-0.2, 0) is 0 Å². The first kappa shape index (κ1) is 36.9. The zero-order valence-corrected chi connectivity index (χ0v) is 35.4. The Morgan fingerprint density at radius 2 is 0.800 bits per heavy atom. The molecule has 2 heterocycles. The van der Waals surface area contributed by atoms with E-state index in [0.29, 0.717) is 5.82 Å². The monoisotopic (exact) mass is 825 g/mol. The van der Waals surface area contributed by atoms with Crippen LogP contribution in [0.5, 0.6) is 0 Å². The Balaban J connectivity index is 0.971. The van der Waals surface area contributed by atoms with E-state index >= 15 is 0 Å². The lowest BCUT2D eigenvalue weighted by Crippen LogP contribution is -1.96. The van der Waals surface area contributed by atoms with Crippen molar-refractivity contribution in [3.63, 3.8) is 0 Å². The van der Waals surface area contributed by atoms with Crippen LogP contribution < -0.4 is 0 Å². The molecule has 0 atom stereocenters. The molecular formula is C62H39N3. The molecule has 0 spiro atoms. The molecule has 0 N–H and O–H groups in total. The maximum atomic E-state index is 5.24. The molecule has 0 saturated heterocycles. The lowest BCUT2D eigenvalue weighted by molar-refractivity contribution is 1.18. The molecule has 13 aromatic rings. The third-order valence-corrected chi connectivity index (χ3v) is 13.1. The van der Waals surface area contributed by atoms with Crippen LogP contribution in [-0.4, -0.2) is 14.5 Å². The first-order valence-electron chi connectivity index (χ1n) is 22.2. The van der Waals surface area contributed by atoms with Gasteiger partial charge in [-0.25, -0.2) is 9.97 Å². The van der Waals surface area contributed by atoms with Gasteiger partial charge in [0.15, 0.2) is 5.82 Å². The fourth-order valence-corrected chi connectivity index (χ4v) is 10.2. The lowest BCUT2D eigenvalue weighted by Gasteiger charge is -2.19. The molecule has 0 aliphatic carbocycles. The Labute approximate surface area is 376 Å². The van der Waals surface area contributed by atoms with Crippen molar-refractivity contribution in [2.75, 3.05) is 0 Å². The Morgan fingerprint density at radius 3 is 1.54 bits per heavy atom. The van der Waals surface area contributed by atoms with E-state index in [1.165, 1.54) is 76.2 Å².